The standard InChI is InChI=1S/C24H28N2O4/c1-16-11-22(29-2)25-14-21(16)23(27)18-12-19-9-6-10-20(13-18)26(19)24(28)30-15-17-7-4-3-5-8-17/h3-5,7-8,11,14,18-20H,6,9-10,12-13,15H2,1-2H3. The van der Waals surface area contributed by atoms with Crippen molar-refractivity contribution < 1.29 is 19.1 Å². The highest BCUT2D eigenvalue weighted by Crippen LogP contribution is 2.39. The first-order valence-corrected chi connectivity index (χ1v) is 10.6. The maximum absolute atomic E-state index is 13.2. The number of nitrogens with zero attached hydrogens (tertiary/aromatic N) is 2. The van der Waals surface area contributed by atoms with E-state index in [4.69, 9.17) is 9.47 Å². The Balaban J connectivity index is 1.44. The number of hydrogen-bond donors (Lipinski definition) is 0. The van der Waals surface area contributed by atoms with Gasteiger partial charge in [-0.3, -0.25) is 4.79 Å². The van der Waals surface area contributed by atoms with E-state index >= 15 is 0 Å². The van der Waals surface area contributed by atoms with Crippen molar-refractivity contribution in [2.75, 3.05) is 7.11 Å². The van der Waals surface area contributed by atoms with Crippen molar-refractivity contribution in [1.82, 2.24) is 9.88 Å². The number of ketones is 1. The number of ether oxygens (including phenoxy) is 2. The van der Waals surface area contributed by atoms with Crippen LogP contribution in [0, 0.1) is 12.8 Å². The number of carbonyl (C=O) groups excluding carboxylic acids is 2. The van der Waals surface area contributed by atoms with Crippen LogP contribution in [-0.2, 0) is 11.3 Å². The van der Waals surface area contributed by atoms with Crippen molar-refractivity contribution >= 4 is 11.9 Å². The summed E-state index contributed by atoms with van der Waals surface area (Å²) in [5.41, 5.74) is 2.50. The van der Waals surface area contributed by atoms with Crippen LogP contribution in [0.4, 0.5) is 4.79 Å². The summed E-state index contributed by atoms with van der Waals surface area (Å²) < 4.78 is 10.8. The van der Waals surface area contributed by atoms with Gasteiger partial charge in [0.25, 0.3) is 0 Å². The Kier molecular flexibility index (Phi) is 6.02. The Labute approximate surface area is 177 Å². The zero-order valence-electron chi connectivity index (χ0n) is 17.5. The summed E-state index contributed by atoms with van der Waals surface area (Å²) in [6, 6.07) is 11.6. The lowest BCUT2D eigenvalue weighted by molar-refractivity contribution is 0.00470. The zero-order chi connectivity index (χ0) is 21.1. The highest BCUT2D eigenvalue weighted by molar-refractivity contribution is 5.99. The molecule has 1 aromatic heterocycles. The second-order valence-electron chi connectivity index (χ2n) is 8.26. The summed E-state index contributed by atoms with van der Waals surface area (Å²) in [5.74, 6) is 0.543. The molecule has 2 aliphatic rings. The van der Waals surface area contributed by atoms with Crippen LogP contribution in [0.25, 0.3) is 0 Å². The van der Waals surface area contributed by atoms with Crippen LogP contribution in [0.2, 0.25) is 0 Å². The summed E-state index contributed by atoms with van der Waals surface area (Å²) in [5, 5.41) is 0. The number of methoxy groups -OCH3 is 1. The van der Waals surface area contributed by atoms with Gasteiger partial charge in [0.1, 0.15) is 6.61 Å². The fourth-order valence-electron chi connectivity index (χ4n) is 4.81. The van der Waals surface area contributed by atoms with Gasteiger partial charge < -0.3 is 14.4 Å². The van der Waals surface area contributed by atoms with E-state index < -0.39 is 0 Å². The Hall–Kier alpha value is -2.89. The predicted octanol–water partition coefficient (Wildman–Crippen LogP) is 4.55. The van der Waals surface area contributed by atoms with Crippen LogP contribution in [0.15, 0.2) is 42.6 Å². The van der Waals surface area contributed by atoms with Crippen molar-refractivity contribution in [2.24, 2.45) is 5.92 Å². The van der Waals surface area contributed by atoms with Gasteiger partial charge in [-0.15, -0.1) is 0 Å². The molecule has 30 heavy (non-hydrogen) atoms. The van der Waals surface area contributed by atoms with E-state index in [1.165, 1.54) is 0 Å². The van der Waals surface area contributed by atoms with Crippen molar-refractivity contribution in [2.45, 2.75) is 57.7 Å². The highest BCUT2D eigenvalue weighted by Gasteiger charge is 2.44. The fourth-order valence-corrected chi connectivity index (χ4v) is 4.81. The number of pyridine rings is 1. The van der Waals surface area contributed by atoms with Gasteiger partial charge in [0.15, 0.2) is 5.78 Å². The first-order chi connectivity index (χ1) is 14.6. The van der Waals surface area contributed by atoms with Gasteiger partial charge in [-0.1, -0.05) is 30.3 Å². The third-order valence-electron chi connectivity index (χ3n) is 6.32. The molecule has 2 saturated heterocycles. The molecule has 2 fully saturated rings. The molecule has 0 spiro atoms. The van der Waals surface area contributed by atoms with Crippen LogP contribution in [-0.4, -0.2) is 41.0 Å². The number of hydrogen-bond acceptors (Lipinski definition) is 5. The van der Waals surface area contributed by atoms with E-state index in [0.29, 0.717) is 24.3 Å². The average Bonchev–Trinajstić information content (AvgIpc) is 2.76. The molecule has 2 aromatic rings. The molecule has 1 aromatic carbocycles. The third-order valence-corrected chi connectivity index (χ3v) is 6.32. The molecule has 3 heterocycles. The summed E-state index contributed by atoms with van der Waals surface area (Å²) >= 11 is 0. The molecule has 0 N–H and O–H groups in total. The van der Waals surface area contributed by atoms with Crippen LogP contribution >= 0.6 is 0 Å². The lowest BCUT2D eigenvalue weighted by Crippen LogP contribution is -2.55. The number of aryl methyl sites for hydroxylation is 1. The Morgan fingerprint density at radius 2 is 1.83 bits per heavy atom. The van der Waals surface area contributed by atoms with E-state index in [0.717, 1.165) is 30.4 Å². The van der Waals surface area contributed by atoms with E-state index in [1.54, 1.807) is 19.4 Å². The third kappa shape index (κ3) is 4.18. The molecule has 2 aliphatic heterocycles. The molecular formula is C24H28N2O4. The molecule has 0 saturated carbocycles. The van der Waals surface area contributed by atoms with Crippen LogP contribution in [0.1, 0.15) is 53.6 Å². The fraction of sp³-hybridized carbons (Fsp3) is 0.458. The number of Topliss-reactive ketones (excluding diaryl/α,β-unsaturated/α-hetero) is 1. The Morgan fingerprint density at radius 1 is 1.13 bits per heavy atom. The van der Waals surface area contributed by atoms with E-state index in [1.807, 2.05) is 42.2 Å². The first kappa shape index (κ1) is 20.4. The molecule has 0 radical (unpaired) electrons. The minimum Gasteiger partial charge on any atom is -0.481 e. The maximum Gasteiger partial charge on any atom is 0.410 e. The second-order valence-corrected chi connectivity index (χ2v) is 8.26. The quantitative estimate of drug-likeness (QED) is 0.679. The number of carbonyl (C=O) groups is 2. The minimum atomic E-state index is -0.262. The van der Waals surface area contributed by atoms with Crippen molar-refractivity contribution in [3.8, 4) is 5.88 Å². The molecule has 2 unspecified atom stereocenters. The number of fused-ring (bicyclic) bond motifs is 2. The molecular weight excluding hydrogens is 380 g/mol. The zero-order valence-corrected chi connectivity index (χ0v) is 17.5. The van der Waals surface area contributed by atoms with Crippen molar-refractivity contribution in [3.63, 3.8) is 0 Å². The Morgan fingerprint density at radius 3 is 2.47 bits per heavy atom. The summed E-state index contributed by atoms with van der Waals surface area (Å²) in [6.45, 7) is 2.18. The summed E-state index contributed by atoms with van der Waals surface area (Å²) in [4.78, 5) is 32.2. The van der Waals surface area contributed by atoms with Crippen molar-refractivity contribution in [1.29, 1.82) is 0 Å². The average molecular weight is 408 g/mol. The number of piperidine rings is 2. The van der Waals surface area contributed by atoms with Gasteiger partial charge in [-0.2, -0.15) is 0 Å². The van der Waals surface area contributed by atoms with Gasteiger partial charge in [-0.05, 0) is 50.2 Å². The summed E-state index contributed by atoms with van der Waals surface area (Å²) in [7, 11) is 1.57. The van der Waals surface area contributed by atoms with E-state index in [-0.39, 0.29) is 36.5 Å². The second kappa shape index (κ2) is 8.86. The topological polar surface area (TPSA) is 68.7 Å². The van der Waals surface area contributed by atoms with Gasteiger partial charge in [0.2, 0.25) is 5.88 Å². The molecule has 2 bridgehead atoms. The smallest absolute Gasteiger partial charge is 0.410 e. The summed E-state index contributed by atoms with van der Waals surface area (Å²) in [6.07, 6.45) is 5.64. The van der Waals surface area contributed by atoms with E-state index in [9.17, 15) is 9.59 Å². The van der Waals surface area contributed by atoms with Gasteiger partial charge in [0, 0.05) is 35.8 Å². The number of aromatic nitrogens is 1. The van der Waals surface area contributed by atoms with Gasteiger partial charge in [0.05, 0.1) is 7.11 Å². The monoisotopic (exact) mass is 408 g/mol. The normalized spacial score (nSPS) is 23.0. The number of benzene rings is 1. The lowest BCUT2D eigenvalue weighted by atomic mass is 9.75. The molecule has 158 valence electrons. The largest absolute Gasteiger partial charge is 0.481 e. The molecule has 0 aliphatic carbocycles. The minimum absolute atomic E-state index is 0.0567. The molecule has 6 heteroatoms. The van der Waals surface area contributed by atoms with Gasteiger partial charge in [-0.25, -0.2) is 9.78 Å². The predicted molar refractivity (Wildman–Crippen MR) is 112 cm³/mol. The first-order valence-electron chi connectivity index (χ1n) is 10.6. The molecule has 6 nitrogen and oxygen atoms in total. The van der Waals surface area contributed by atoms with Crippen LogP contribution in [0.5, 0.6) is 5.88 Å². The SMILES string of the molecule is COc1cc(C)c(C(=O)C2CC3CCCC(C2)N3C(=O)OCc2ccccc2)cn1. The Bertz CT molecular complexity index is 901. The maximum atomic E-state index is 13.2. The highest BCUT2D eigenvalue weighted by atomic mass is 16.6. The van der Waals surface area contributed by atoms with Crippen LogP contribution in [0.3, 0.4) is 0 Å². The molecule has 4 rings (SSSR count). The van der Waals surface area contributed by atoms with Crippen molar-refractivity contribution in [3.05, 3.63) is 59.3 Å². The van der Waals surface area contributed by atoms with E-state index in [2.05, 4.69) is 4.98 Å². The van der Waals surface area contributed by atoms with Gasteiger partial charge >= 0.3 is 6.09 Å². The number of rotatable bonds is 5. The lowest BCUT2D eigenvalue weighted by Gasteiger charge is -2.47. The molecule has 2 atom stereocenters. The number of amides is 1. The molecule has 1 amide bonds. The van der Waals surface area contributed by atoms with Crippen LogP contribution < -0.4 is 4.74 Å².